The van der Waals surface area contributed by atoms with Gasteiger partial charge in [-0.05, 0) is 77.1 Å². The summed E-state index contributed by atoms with van der Waals surface area (Å²) in [6.07, 6.45) is 33.4. The predicted molar refractivity (Wildman–Crippen MR) is 297 cm³/mol. The molecule has 0 bridgehead atoms. The Morgan fingerprint density at radius 3 is 1.16 bits per heavy atom. The molecule has 0 saturated heterocycles. The molecule has 0 amide bonds. The Labute approximate surface area is 436 Å². The van der Waals surface area contributed by atoms with Gasteiger partial charge >= 0.3 is 0 Å². The van der Waals surface area contributed by atoms with Crippen LogP contribution >= 0.6 is 68.0 Å². The van der Waals surface area contributed by atoms with Gasteiger partial charge in [0.1, 0.15) is 11.6 Å². The Bertz CT molecular complexity index is 2410. The highest BCUT2D eigenvalue weighted by molar-refractivity contribution is 7.28. The summed E-state index contributed by atoms with van der Waals surface area (Å²) in [5, 5.41) is 0.832. The van der Waals surface area contributed by atoms with E-state index in [0.717, 1.165) is 111 Å². The van der Waals surface area contributed by atoms with E-state index in [4.69, 9.17) is 9.97 Å². The number of rotatable bonds is 34. The fourth-order valence-electron chi connectivity index (χ4n) is 9.47. The molecule has 1 unspecified atom stereocenters. The lowest BCUT2D eigenvalue weighted by Crippen LogP contribution is -2.20. The van der Waals surface area contributed by atoms with Gasteiger partial charge < -0.3 is 0 Å². The topological polar surface area (TPSA) is 25.8 Å². The van der Waals surface area contributed by atoms with Crippen LogP contribution < -0.4 is 0 Å². The third-order valence-electron chi connectivity index (χ3n) is 14.0. The van der Waals surface area contributed by atoms with Crippen molar-refractivity contribution < 1.29 is 17.6 Å². The van der Waals surface area contributed by atoms with Gasteiger partial charge in [0.05, 0.1) is 30.9 Å². The summed E-state index contributed by atoms with van der Waals surface area (Å²) >= 11 is 8.53. The minimum Gasteiger partial charge on any atom is -0.238 e. The van der Waals surface area contributed by atoms with E-state index in [1.54, 1.807) is 45.3 Å². The van der Waals surface area contributed by atoms with E-state index in [-0.39, 0.29) is 0 Å². The first kappa shape index (κ1) is 56.1. The number of nitrogens with zero attached hydrogens (tertiary/aromatic N) is 2. The zero-order chi connectivity index (χ0) is 49.2. The van der Waals surface area contributed by atoms with E-state index >= 15 is 4.39 Å². The SMILES string of the molecule is CCCCCCCCCCCCCCc1nc(-c2nc(CCCCCCCCCCCCCC)c(-c3ccc(C(C)(CC)c4sc(F)cc4F)s3)s2)sc1-c1ccc(C(C)(C)c2sc(F)cc2F)s1. The van der Waals surface area contributed by atoms with E-state index in [0.29, 0.717) is 16.2 Å². The van der Waals surface area contributed by atoms with Gasteiger partial charge in [0.2, 0.25) is 0 Å². The van der Waals surface area contributed by atoms with Crippen molar-refractivity contribution in [2.24, 2.45) is 0 Å². The third kappa shape index (κ3) is 15.6. The molecule has 0 aliphatic rings. The molecule has 6 heterocycles. The first-order valence-electron chi connectivity index (χ1n) is 26.5. The second-order valence-electron chi connectivity index (χ2n) is 20.0. The minimum absolute atomic E-state index is 0.412. The Balaban J connectivity index is 1.23. The number of halogens is 4. The van der Waals surface area contributed by atoms with Crippen molar-refractivity contribution in [3.8, 4) is 29.5 Å². The van der Waals surface area contributed by atoms with E-state index in [1.165, 1.54) is 141 Å². The van der Waals surface area contributed by atoms with E-state index in [2.05, 4.69) is 38.1 Å². The summed E-state index contributed by atoms with van der Waals surface area (Å²) in [5.74, 6) is -0.966. The molecule has 0 spiro atoms. The van der Waals surface area contributed by atoms with Crippen LogP contribution in [0.5, 0.6) is 0 Å². The van der Waals surface area contributed by atoms with E-state index in [9.17, 15) is 13.2 Å². The quantitative estimate of drug-likeness (QED) is 0.0297. The monoisotopic (exact) mass is 1060 g/mol. The second kappa shape index (κ2) is 28.3. The van der Waals surface area contributed by atoms with Crippen LogP contribution in [-0.4, -0.2) is 9.97 Å². The maximum Gasteiger partial charge on any atom is 0.179 e. The summed E-state index contributed by atoms with van der Waals surface area (Å²) in [6.45, 7) is 12.6. The smallest absolute Gasteiger partial charge is 0.179 e. The largest absolute Gasteiger partial charge is 0.238 e. The molecule has 380 valence electrons. The number of thiophene rings is 4. The molecular weight excluding hydrogens is 981 g/mol. The van der Waals surface area contributed by atoms with Gasteiger partial charge in [-0.1, -0.05) is 162 Å². The molecule has 2 nitrogen and oxygen atoms in total. The highest BCUT2D eigenvalue weighted by Gasteiger charge is 2.35. The van der Waals surface area contributed by atoms with E-state index < -0.39 is 32.7 Å². The number of hydrogen-bond donors (Lipinski definition) is 0. The van der Waals surface area contributed by atoms with Crippen LogP contribution in [0.3, 0.4) is 0 Å². The fourth-order valence-corrected chi connectivity index (χ4v) is 16.3. The Morgan fingerprint density at radius 1 is 0.420 bits per heavy atom. The molecule has 1 atom stereocenters. The van der Waals surface area contributed by atoms with Gasteiger partial charge in [0.25, 0.3) is 0 Å². The van der Waals surface area contributed by atoms with Crippen molar-refractivity contribution >= 4 is 68.0 Å². The van der Waals surface area contributed by atoms with Crippen molar-refractivity contribution in [2.45, 2.75) is 226 Å². The first-order chi connectivity index (χ1) is 33.4. The van der Waals surface area contributed by atoms with Gasteiger partial charge in [0.15, 0.2) is 20.3 Å². The molecule has 0 N–H and O–H groups in total. The van der Waals surface area contributed by atoms with Crippen molar-refractivity contribution in [2.75, 3.05) is 0 Å². The van der Waals surface area contributed by atoms with Gasteiger partial charge in [-0.15, -0.1) is 68.0 Å². The average molecular weight is 1060 g/mol. The molecule has 0 saturated carbocycles. The number of hydrogen-bond acceptors (Lipinski definition) is 8. The average Bonchev–Trinajstić information content (AvgIpc) is 4.20. The molecule has 0 aromatic carbocycles. The summed E-state index contributed by atoms with van der Waals surface area (Å²) in [5.41, 5.74) is 0.847. The van der Waals surface area contributed by atoms with Gasteiger partial charge in [0, 0.05) is 42.5 Å². The second-order valence-corrected chi connectivity index (χ2v) is 26.1. The normalized spacial score (nSPS) is 13.0. The summed E-state index contributed by atoms with van der Waals surface area (Å²) in [6, 6.07) is 10.5. The number of aryl methyl sites for hydroxylation is 2. The van der Waals surface area contributed by atoms with Crippen LogP contribution in [0.25, 0.3) is 29.5 Å². The zero-order valence-corrected chi connectivity index (χ0v) is 47.3. The summed E-state index contributed by atoms with van der Waals surface area (Å²) in [7, 11) is 0. The minimum atomic E-state index is -0.685. The molecule has 0 radical (unpaired) electrons. The number of aromatic nitrogens is 2. The number of thiazole rings is 2. The van der Waals surface area contributed by atoms with Gasteiger partial charge in [-0.25, -0.2) is 18.7 Å². The van der Waals surface area contributed by atoms with Crippen LogP contribution in [0.15, 0.2) is 36.4 Å². The molecule has 0 fully saturated rings. The molecule has 0 aliphatic heterocycles. The van der Waals surface area contributed by atoms with Crippen LogP contribution in [-0.2, 0) is 23.7 Å². The molecule has 0 aliphatic carbocycles. The number of unbranched alkanes of at least 4 members (excludes halogenated alkanes) is 22. The van der Waals surface area contributed by atoms with Crippen LogP contribution in [0.4, 0.5) is 17.6 Å². The molecule has 69 heavy (non-hydrogen) atoms. The molecule has 6 aromatic heterocycles. The highest BCUT2D eigenvalue weighted by Crippen LogP contribution is 2.49. The summed E-state index contributed by atoms with van der Waals surface area (Å²) < 4.78 is 58.8. The molecule has 6 rings (SSSR count). The first-order valence-corrected chi connectivity index (χ1v) is 31.4. The lowest BCUT2D eigenvalue weighted by Gasteiger charge is -2.25. The van der Waals surface area contributed by atoms with Crippen molar-refractivity contribution in [1.82, 2.24) is 9.97 Å². The maximum atomic E-state index is 15.2. The van der Waals surface area contributed by atoms with Gasteiger partial charge in [-0.2, -0.15) is 8.78 Å². The standard InChI is InChI=1S/C57H78F4N2S6/c1-7-10-12-14-16-18-20-22-24-26-28-30-32-42-50(44-34-36-46(64-44)56(4,5)52-40(58)38-48(60)66-52)68-54(62-42)55-63-43(33-31-29-27-25-23-21-19-17-15-13-11-8-2)51(69-55)45-35-37-47(65-45)57(6,9-3)53-41(59)39-49(61)67-53/h34-39H,7-33H2,1-6H3. The zero-order valence-electron chi connectivity index (χ0n) is 42.4. The molecule has 12 heteroatoms. The maximum absolute atomic E-state index is 15.2. The Kier molecular flexibility index (Phi) is 23.0. The van der Waals surface area contributed by atoms with Crippen LogP contribution in [0, 0.1) is 21.9 Å². The van der Waals surface area contributed by atoms with Gasteiger partial charge in [-0.3, -0.25) is 0 Å². The summed E-state index contributed by atoms with van der Waals surface area (Å²) in [4.78, 5) is 18.2. The lowest BCUT2D eigenvalue weighted by atomic mass is 9.84. The van der Waals surface area contributed by atoms with Crippen molar-refractivity contribution in [1.29, 1.82) is 0 Å². The van der Waals surface area contributed by atoms with E-state index in [1.807, 2.05) is 27.7 Å². The fraction of sp³-hybridized carbons (Fsp3) is 0.614. The Hall–Kier alpha value is -2.22. The molecule has 6 aromatic rings. The molecular formula is C57H78F4N2S6. The van der Waals surface area contributed by atoms with Crippen LogP contribution in [0.1, 0.15) is 233 Å². The lowest BCUT2D eigenvalue weighted by molar-refractivity contribution is 0.521. The van der Waals surface area contributed by atoms with Crippen LogP contribution in [0.2, 0.25) is 0 Å². The highest BCUT2D eigenvalue weighted by atomic mass is 32.1. The predicted octanol–water partition coefficient (Wildman–Crippen LogP) is 21.9. The van der Waals surface area contributed by atoms with Crippen molar-refractivity contribution in [3.63, 3.8) is 0 Å². The van der Waals surface area contributed by atoms with Crippen molar-refractivity contribution in [3.05, 3.63) is 89.2 Å². The Morgan fingerprint density at radius 2 is 0.783 bits per heavy atom. The third-order valence-corrected chi connectivity index (χ3v) is 21.9.